The van der Waals surface area contributed by atoms with Crippen LogP contribution in [-0.4, -0.2) is 28.7 Å². The zero-order valence-corrected chi connectivity index (χ0v) is 18.4. The largest absolute Gasteiger partial charge is 0.425 e. The minimum atomic E-state index is -1.08. The van der Waals surface area contributed by atoms with Gasteiger partial charge in [0.25, 0.3) is 11.8 Å². The van der Waals surface area contributed by atoms with Crippen molar-refractivity contribution in [3.63, 3.8) is 0 Å². The monoisotopic (exact) mass is 427 g/mol. The molecule has 5 heteroatoms. The van der Waals surface area contributed by atoms with Gasteiger partial charge in [0.2, 0.25) is 0 Å². The van der Waals surface area contributed by atoms with Crippen molar-refractivity contribution in [2.24, 2.45) is 0 Å². The first-order chi connectivity index (χ1) is 15.3. The maximum Gasteiger partial charge on any atom is 0.335 e. The molecule has 0 saturated heterocycles. The molecule has 0 spiro atoms. The van der Waals surface area contributed by atoms with Crippen LogP contribution in [0.3, 0.4) is 0 Å². The van der Waals surface area contributed by atoms with Crippen LogP contribution >= 0.6 is 0 Å². The molecule has 3 aromatic rings. The number of nitrogens with zero attached hydrogens (tertiary/aromatic N) is 1. The van der Waals surface area contributed by atoms with Gasteiger partial charge >= 0.3 is 5.97 Å². The number of carbonyl (C=O) groups is 3. The smallest absolute Gasteiger partial charge is 0.335 e. The first-order valence-electron chi connectivity index (χ1n) is 10.6. The molecule has 5 nitrogen and oxygen atoms in total. The number of esters is 1. The highest BCUT2D eigenvalue weighted by Gasteiger charge is 2.43. The Kier molecular flexibility index (Phi) is 5.66. The molecule has 0 aliphatic carbocycles. The Morgan fingerprint density at radius 1 is 0.812 bits per heavy atom. The van der Waals surface area contributed by atoms with Gasteiger partial charge in [0.05, 0.1) is 11.1 Å². The lowest BCUT2D eigenvalue weighted by molar-refractivity contribution is -0.138. The van der Waals surface area contributed by atoms with Crippen LogP contribution in [0.2, 0.25) is 0 Å². The van der Waals surface area contributed by atoms with Crippen molar-refractivity contribution >= 4 is 17.8 Å². The number of hydrogen-bond acceptors (Lipinski definition) is 4. The first-order valence-corrected chi connectivity index (χ1v) is 10.6. The first kappa shape index (κ1) is 21.5. The number of carbonyl (C=O) groups excluding carboxylic acids is 3. The van der Waals surface area contributed by atoms with E-state index in [-0.39, 0.29) is 11.8 Å². The molecule has 0 fully saturated rings. The van der Waals surface area contributed by atoms with Crippen LogP contribution in [0.1, 0.15) is 52.6 Å². The van der Waals surface area contributed by atoms with E-state index in [1.807, 2.05) is 42.5 Å². The van der Waals surface area contributed by atoms with Crippen molar-refractivity contribution in [1.29, 1.82) is 0 Å². The molecular weight excluding hydrogens is 402 g/mol. The number of imide groups is 1. The summed E-state index contributed by atoms with van der Waals surface area (Å²) in [5.41, 5.74) is 2.52. The number of hydrogen-bond donors (Lipinski definition) is 0. The van der Waals surface area contributed by atoms with Crippen molar-refractivity contribution in [3.05, 3.63) is 101 Å². The maximum atomic E-state index is 13.3. The van der Waals surface area contributed by atoms with E-state index in [2.05, 4.69) is 20.8 Å². The summed E-state index contributed by atoms with van der Waals surface area (Å²) in [6.45, 7) is 6.31. The van der Waals surface area contributed by atoms with Gasteiger partial charge in [0.1, 0.15) is 11.8 Å². The summed E-state index contributed by atoms with van der Waals surface area (Å²) in [7, 11) is 0. The molecule has 0 saturated carbocycles. The van der Waals surface area contributed by atoms with Crippen LogP contribution in [0.5, 0.6) is 5.75 Å². The van der Waals surface area contributed by atoms with E-state index >= 15 is 0 Å². The van der Waals surface area contributed by atoms with Gasteiger partial charge in [0, 0.05) is 6.42 Å². The average Bonchev–Trinajstić information content (AvgIpc) is 3.03. The van der Waals surface area contributed by atoms with E-state index in [0.717, 1.165) is 16.0 Å². The lowest BCUT2D eigenvalue weighted by Crippen LogP contribution is -2.48. The van der Waals surface area contributed by atoms with Crippen molar-refractivity contribution in [2.75, 3.05) is 0 Å². The Bertz CT molecular complexity index is 1130. The van der Waals surface area contributed by atoms with Gasteiger partial charge in [-0.05, 0) is 40.8 Å². The van der Waals surface area contributed by atoms with Gasteiger partial charge in [0.15, 0.2) is 0 Å². The Labute approximate surface area is 187 Å². The van der Waals surface area contributed by atoms with Gasteiger partial charge in [-0.3, -0.25) is 14.5 Å². The second-order valence-electron chi connectivity index (χ2n) is 8.93. The van der Waals surface area contributed by atoms with E-state index in [1.165, 1.54) is 0 Å². The Balaban J connectivity index is 1.63. The number of rotatable bonds is 5. The Morgan fingerprint density at radius 2 is 1.34 bits per heavy atom. The van der Waals surface area contributed by atoms with Crippen molar-refractivity contribution in [3.8, 4) is 5.75 Å². The third-order valence-corrected chi connectivity index (χ3v) is 5.62. The molecule has 0 N–H and O–H groups in total. The SMILES string of the molecule is CC(C)(C)c1ccc(OC(=O)[C@H](Cc2ccccc2)N2C(=O)c3ccccc3C2=O)cc1. The van der Waals surface area contributed by atoms with Gasteiger partial charge in [-0.1, -0.05) is 75.4 Å². The minimum Gasteiger partial charge on any atom is -0.425 e. The van der Waals surface area contributed by atoms with Gasteiger partial charge in [-0.2, -0.15) is 0 Å². The van der Waals surface area contributed by atoms with Crippen LogP contribution in [0.25, 0.3) is 0 Å². The fourth-order valence-corrected chi connectivity index (χ4v) is 3.82. The Hall–Kier alpha value is -3.73. The molecule has 1 heterocycles. The molecule has 0 aromatic heterocycles. The summed E-state index contributed by atoms with van der Waals surface area (Å²) >= 11 is 0. The predicted molar refractivity (Wildman–Crippen MR) is 122 cm³/mol. The standard InChI is InChI=1S/C27H25NO4/c1-27(2,3)19-13-15-20(16-14-19)32-26(31)23(17-18-9-5-4-6-10-18)28-24(29)21-11-7-8-12-22(21)25(28)30/h4-16,23H,17H2,1-3H3/t23-/m0/s1. The minimum absolute atomic E-state index is 0.0292. The van der Waals surface area contributed by atoms with E-state index in [0.29, 0.717) is 16.9 Å². The molecular formula is C27H25NO4. The van der Waals surface area contributed by atoms with E-state index in [4.69, 9.17) is 4.74 Å². The summed E-state index contributed by atoms with van der Waals surface area (Å²) in [6.07, 6.45) is 0.172. The maximum absolute atomic E-state index is 13.3. The Morgan fingerprint density at radius 3 is 1.88 bits per heavy atom. The van der Waals surface area contributed by atoms with Gasteiger partial charge in [-0.25, -0.2) is 4.79 Å². The molecule has 0 bridgehead atoms. The molecule has 1 aliphatic heterocycles. The van der Waals surface area contributed by atoms with E-state index in [1.54, 1.807) is 36.4 Å². The lowest BCUT2D eigenvalue weighted by atomic mass is 9.87. The van der Waals surface area contributed by atoms with E-state index < -0.39 is 23.8 Å². The molecule has 0 radical (unpaired) electrons. The van der Waals surface area contributed by atoms with Crippen molar-refractivity contribution in [2.45, 2.75) is 38.6 Å². The van der Waals surface area contributed by atoms with Gasteiger partial charge in [-0.15, -0.1) is 0 Å². The van der Waals surface area contributed by atoms with Crippen molar-refractivity contribution < 1.29 is 19.1 Å². The number of ether oxygens (including phenoxy) is 1. The quantitative estimate of drug-likeness (QED) is 0.333. The molecule has 0 unspecified atom stereocenters. The fraction of sp³-hybridized carbons (Fsp3) is 0.222. The van der Waals surface area contributed by atoms with Crippen LogP contribution in [0, 0.1) is 0 Å². The summed E-state index contributed by atoms with van der Waals surface area (Å²) in [5.74, 6) is -1.23. The number of benzene rings is 3. The molecule has 1 aliphatic rings. The highest BCUT2D eigenvalue weighted by atomic mass is 16.5. The molecule has 3 aromatic carbocycles. The topological polar surface area (TPSA) is 63.7 Å². The zero-order valence-electron chi connectivity index (χ0n) is 18.4. The van der Waals surface area contributed by atoms with Crippen LogP contribution in [0.4, 0.5) is 0 Å². The summed E-state index contributed by atoms with van der Waals surface area (Å²) in [6, 6.07) is 22.1. The third-order valence-electron chi connectivity index (χ3n) is 5.62. The van der Waals surface area contributed by atoms with Crippen LogP contribution in [0.15, 0.2) is 78.9 Å². The lowest BCUT2D eigenvalue weighted by Gasteiger charge is -2.25. The highest BCUT2D eigenvalue weighted by Crippen LogP contribution is 2.28. The fourth-order valence-electron chi connectivity index (χ4n) is 3.82. The van der Waals surface area contributed by atoms with Crippen molar-refractivity contribution in [1.82, 2.24) is 4.90 Å². The normalized spacial score (nSPS) is 14.3. The summed E-state index contributed by atoms with van der Waals surface area (Å²) in [5, 5.41) is 0. The molecule has 32 heavy (non-hydrogen) atoms. The molecule has 4 rings (SSSR count). The van der Waals surface area contributed by atoms with Crippen LogP contribution in [-0.2, 0) is 16.6 Å². The predicted octanol–water partition coefficient (Wildman–Crippen LogP) is 4.80. The molecule has 162 valence electrons. The van der Waals surface area contributed by atoms with E-state index in [9.17, 15) is 14.4 Å². The highest BCUT2D eigenvalue weighted by molar-refractivity contribution is 6.22. The summed E-state index contributed by atoms with van der Waals surface area (Å²) < 4.78 is 5.64. The third kappa shape index (κ3) is 4.19. The summed E-state index contributed by atoms with van der Waals surface area (Å²) in [4.78, 5) is 40.4. The number of amides is 2. The second kappa shape index (κ2) is 8.42. The molecule has 1 atom stereocenters. The van der Waals surface area contributed by atoms with Crippen LogP contribution < -0.4 is 4.74 Å². The number of fused-ring (bicyclic) bond motifs is 1. The zero-order chi connectivity index (χ0) is 22.9. The second-order valence-corrected chi connectivity index (χ2v) is 8.93. The van der Waals surface area contributed by atoms with Gasteiger partial charge < -0.3 is 4.74 Å². The molecule has 2 amide bonds. The average molecular weight is 428 g/mol.